The molecule has 0 spiro atoms. The van der Waals surface area contributed by atoms with E-state index in [0.717, 1.165) is 0 Å². The van der Waals surface area contributed by atoms with Crippen molar-refractivity contribution in [1.82, 2.24) is 10.2 Å². The molecule has 6 heteroatoms. The Labute approximate surface area is 118 Å². The molecule has 104 valence electrons. The van der Waals surface area contributed by atoms with E-state index < -0.39 is 5.91 Å². The molecule has 3 aromatic rings. The van der Waals surface area contributed by atoms with Gasteiger partial charge in [0.05, 0.1) is 0 Å². The summed E-state index contributed by atoms with van der Waals surface area (Å²) in [6, 6.07) is 12.0. The molecule has 0 saturated carbocycles. The standard InChI is InChI=1S/C15H10FN3O2/c16-12-6-5-11(9-3-1-2-4-10(9)12)15(21)17-13-7-8-14(20)19-18-13/h1-8H,(H,19,20)(H,17,18,21). The second-order valence-electron chi connectivity index (χ2n) is 4.40. The maximum absolute atomic E-state index is 13.7. The van der Waals surface area contributed by atoms with Crippen molar-refractivity contribution >= 4 is 22.5 Å². The second-order valence-corrected chi connectivity index (χ2v) is 4.40. The van der Waals surface area contributed by atoms with E-state index in [9.17, 15) is 14.0 Å². The average Bonchev–Trinajstić information content (AvgIpc) is 2.50. The first kappa shape index (κ1) is 13.0. The van der Waals surface area contributed by atoms with Crippen LogP contribution in [0.5, 0.6) is 0 Å². The van der Waals surface area contributed by atoms with Gasteiger partial charge in [-0.2, -0.15) is 5.10 Å². The number of fused-ring (bicyclic) bond motifs is 1. The zero-order chi connectivity index (χ0) is 14.8. The Morgan fingerprint density at radius 3 is 2.52 bits per heavy atom. The summed E-state index contributed by atoms with van der Waals surface area (Å²) >= 11 is 0. The minimum Gasteiger partial charge on any atom is -0.305 e. The molecule has 2 N–H and O–H groups in total. The van der Waals surface area contributed by atoms with Gasteiger partial charge in [0.1, 0.15) is 5.82 Å². The van der Waals surface area contributed by atoms with Crippen LogP contribution < -0.4 is 10.9 Å². The van der Waals surface area contributed by atoms with E-state index in [-0.39, 0.29) is 17.2 Å². The van der Waals surface area contributed by atoms with Gasteiger partial charge in [0.25, 0.3) is 11.5 Å². The number of H-pyrrole nitrogens is 1. The van der Waals surface area contributed by atoms with Crippen LogP contribution in [-0.4, -0.2) is 16.1 Å². The van der Waals surface area contributed by atoms with Gasteiger partial charge in [0.2, 0.25) is 0 Å². The third-order valence-corrected chi connectivity index (χ3v) is 3.04. The maximum atomic E-state index is 13.7. The first-order valence-electron chi connectivity index (χ1n) is 6.19. The fourth-order valence-corrected chi connectivity index (χ4v) is 2.06. The van der Waals surface area contributed by atoms with E-state index in [1.165, 1.54) is 24.3 Å². The molecule has 1 amide bonds. The lowest BCUT2D eigenvalue weighted by Crippen LogP contribution is -2.16. The summed E-state index contributed by atoms with van der Waals surface area (Å²) < 4.78 is 13.7. The molecule has 0 aliphatic carbocycles. The van der Waals surface area contributed by atoms with Crippen molar-refractivity contribution < 1.29 is 9.18 Å². The minimum atomic E-state index is -0.425. The molecule has 1 heterocycles. The molecule has 21 heavy (non-hydrogen) atoms. The van der Waals surface area contributed by atoms with Crippen LogP contribution >= 0.6 is 0 Å². The number of aromatic nitrogens is 2. The predicted octanol–water partition coefficient (Wildman–Crippen LogP) is 2.31. The third kappa shape index (κ3) is 2.51. The molecular weight excluding hydrogens is 273 g/mol. The summed E-state index contributed by atoms with van der Waals surface area (Å²) in [6.07, 6.45) is 0. The van der Waals surface area contributed by atoms with Crippen LogP contribution in [0.25, 0.3) is 10.8 Å². The van der Waals surface area contributed by atoms with Crippen LogP contribution in [0.3, 0.4) is 0 Å². The Hall–Kier alpha value is -3.02. The number of amides is 1. The number of hydrogen-bond donors (Lipinski definition) is 2. The number of nitrogens with one attached hydrogen (secondary N) is 2. The van der Waals surface area contributed by atoms with Crippen molar-refractivity contribution in [2.75, 3.05) is 5.32 Å². The largest absolute Gasteiger partial charge is 0.305 e. The van der Waals surface area contributed by atoms with Crippen molar-refractivity contribution in [3.8, 4) is 0 Å². The molecule has 5 nitrogen and oxygen atoms in total. The molecule has 3 rings (SSSR count). The maximum Gasteiger partial charge on any atom is 0.264 e. The van der Waals surface area contributed by atoms with Gasteiger partial charge in [-0.1, -0.05) is 24.3 Å². The molecule has 0 atom stereocenters. The van der Waals surface area contributed by atoms with Crippen LogP contribution in [0.2, 0.25) is 0 Å². The normalized spacial score (nSPS) is 10.5. The molecule has 0 bridgehead atoms. The zero-order valence-corrected chi connectivity index (χ0v) is 10.8. The van der Waals surface area contributed by atoms with Crippen LogP contribution in [0.15, 0.2) is 53.3 Å². The lowest BCUT2D eigenvalue weighted by atomic mass is 10.0. The van der Waals surface area contributed by atoms with E-state index in [0.29, 0.717) is 16.3 Å². The topological polar surface area (TPSA) is 74.8 Å². The van der Waals surface area contributed by atoms with Crippen molar-refractivity contribution in [2.24, 2.45) is 0 Å². The molecule has 0 radical (unpaired) electrons. The van der Waals surface area contributed by atoms with E-state index in [2.05, 4.69) is 15.5 Å². The first-order chi connectivity index (χ1) is 10.1. The van der Waals surface area contributed by atoms with E-state index >= 15 is 0 Å². The Balaban J connectivity index is 2.00. The fourth-order valence-electron chi connectivity index (χ4n) is 2.06. The van der Waals surface area contributed by atoms with Crippen molar-refractivity contribution in [2.45, 2.75) is 0 Å². The molecule has 0 aliphatic rings. The number of benzene rings is 2. The summed E-state index contributed by atoms with van der Waals surface area (Å²) in [4.78, 5) is 23.2. The first-order valence-corrected chi connectivity index (χ1v) is 6.19. The SMILES string of the molecule is O=C(Nc1ccc(=O)[nH]n1)c1ccc(F)c2ccccc12. The number of carbonyl (C=O) groups excluding carboxylic acids is 1. The van der Waals surface area contributed by atoms with Gasteiger partial charge in [-0.25, -0.2) is 9.49 Å². The second kappa shape index (κ2) is 5.16. The van der Waals surface area contributed by atoms with E-state index in [1.54, 1.807) is 24.3 Å². The molecule has 0 fully saturated rings. The average molecular weight is 283 g/mol. The molecule has 0 saturated heterocycles. The highest BCUT2D eigenvalue weighted by Gasteiger charge is 2.12. The molecule has 1 aromatic heterocycles. The Morgan fingerprint density at radius 1 is 1.05 bits per heavy atom. The van der Waals surface area contributed by atoms with E-state index in [1.807, 2.05) is 0 Å². The van der Waals surface area contributed by atoms with Crippen molar-refractivity contribution in [1.29, 1.82) is 0 Å². The zero-order valence-electron chi connectivity index (χ0n) is 10.8. The smallest absolute Gasteiger partial charge is 0.264 e. The van der Waals surface area contributed by atoms with Gasteiger partial charge < -0.3 is 5.32 Å². The summed E-state index contributed by atoms with van der Waals surface area (Å²) in [5, 5.41) is 9.36. The number of anilines is 1. The Kier molecular flexibility index (Phi) is 3.19. The number of aromatic amines is 1. The summed E-state index contributed by atoms with van der Waals surface area (Å²) in [6.45, 7) is 0. The van der Waals surface area contributed by atoms with Gasteiger partial charge >= 0.3 is 0 Å². The van der Waals surface area contributed by atoms with Gasteiger partial charge in [-0.05, 0) is 23.6 Å². The summed E-state index contributed by atoms with van der Waals surface area (Å²) in [7, 11) is 0. The number of rotatable bonds is 2. The van der Waals surface area contributed by atoms with Gasteiger partial charge in [-0.15, -0.1) is 0 Å². The van der Waals surface area contributed by atoms with Crippen LogP contribution in [0, 0.1) is 5.82 Å². The third-order valence-electron chi connectivity index (χ3n) is 3.04. The highest BCUT2D eigenvalue weighted by Crippen LogP contribution is 2.22. The lowest BCUT2D eigenvalue weighted by molar-refractivity contribution is 0.102. The number of nitrogens with zero attached hydrogens (tertiary/aromatic N) is 1. The Bertz CT molecular complexity index is 869. The predicted molar refractivity (Wildman–Crippen MR) is 76.7 cm³/mol. The number of halogens is 1. The van der Waals surface area contributed by atoms with Crippen molar-refractivity contribution in [3.05, 3.63) is 70.3 Å². The van der Waals surface area contributed by atoms with Crippen LogP contribution in [0.1, 0.15) is 10.4 Å². The molecular formula is C15H10FN3O2. The highest BCUT2D eigenvalue weighted by molar-refractivity contribution is 6.12. The minimum absolute atomic E-state index is 0.216. The van der Waals surface area contributed by atoms with Crippen LogP contribution in [0.4, 0.5) is 10.2 Å². The van der Waals surface area contributed by atoms with Gasteiger partial charge in [0, 0.05) is 17.0 Å². The highest BCUT2D eigenvalue weighted by atomic mass is 19.1. The lowest BCUT2D eigenvalue weighted by Gasteiger charge is -2.07. The van der Waals surface area contributed by atoms with Crippen molar-refractivity contribution in [3.63, 3.8) is 0 Å². The number of hydrogen-bond acceptors (Lipinski definition) is 3. The summed E-state index contributed by atoms with van der Waals surface area (Å²) in [5.74, 6) is -0.594. The quantitative estimate of drug-likeness (QED) is 0.758. The summed E-state index contributed by atoms with van der Waals surface area (Å²) in [5.41, 5.74) is -0.0276. The van der Waals surface area contributed by atoms with E-state index in [4.69, 9.17) is 0 Å². The van der Waals surface area contributed by atoms with Crippen LogP contribution in [-0.2, 0) is 0 Å². The Morgan fingerprint density at radius 2 is 1.81 bits per heavy atom. The molecule has 0 aliphatic heterocycles. The fraction of sp³-hybridized carbons (Fsp3) is 0. The molecule has 0 unspecified atom stereocenters. The van der Waals surface area contributed by atoms with Gasteiger partial charge in [-0.3, -0.25) is 9.59 Å². The monoisotopic (exact) mass is 283 g/mol. The molecule has 2 aromatic carbocycles. The van der Waals surface area contributed by atoms with Gasteiger partial charge in [0.15, 0.2) is 5.82 Å². The number of carbonyl (C=O) groups is 1.